The predicted octanol–water partition coefficient (Wildman–Crippen LogP) is 3.31. The Morgan fingerprint density at radius 2 is 1.89 bits per heavy atom. The lowest BCUT2D eigenvalue weighted by atomic mass is 9.94. The zero-order valence-corrected chi connectivity index (χ0v) is 16.5. The molecule has 0 fully saturated rings. The van der Waals surface area contributed by atoms with Crippen LogP contribution in [0.4, 0.5) is 4.79 Å². The van der Waals surface area contributed by atoms with E-state index in [2.05, 4.69) is 24.5 Å². The highest BCUT2D eigenvalue weighted by Crippen LogP contribution is 2.36. The monoisotopic (exact) mass is 376 g/mol. The number of methoxy groups -OCH3 is 2. The van der Waals surface area contributed by atoms with Crippen molar-refractivity contribution >= 4 is 12.0 Å². The third-order valence-electron chi connectivity index (χ3n) is 4.84. The van der Waals surface area contributed by atoms with Gasteiger partial charge in [-0.1, -0.05) is 26.7 Å². The number of hydrogen-bond donors (Lipinski definition) is 2. The van der Waals surface area contributed by atoms with Gasteiger partial charge in [-0.05, 0) is 31.0 Å². The second-order valence-corrected chi connectivity index (χ2v) is 6.46. The standard InChI is InChI=1S/C20H28N2O5/c1-6-13(7-2)11-27-19(23)17-12(3)21-20(24)22-18(17)15-10-14(25-4)8-9-16(15)26-5/h8-10,13,18H,6-7,11H2,1-5H3,(H2,21,22,24)/t18-/m1/s1. The van der Waals surface area contributed by atoms with Crippen molar-refractivity contribution in [1.82, 2.24) is 10.6 Å². The number of carbonyl (C=O) groups excluding carboxylic acids is 2. The van der Waals surface area contributed by atoms with Gasteiger partial charge in [0.05, 0.1) is 32.4 Å². The molecule has 0 aliphatic carbocycles. The molecule has 0 unspecified atom stereocenters. The van der Waals surface area contributed by atoms with E-state index < -0.39 is 12.0 Å². The fourth-order valence-electron chi connectivity index (χ4n) is 3.06. The molecule has 1 atom stereocenters. The van der Waals surface area contributed by atoms with E-state index in [9.17, 15) is 9.59 Å². The lowest BCUT2D eigenvalue weighted by Gasteiger charge is -2.29. The molecule has 7 nitrogen and oxygen atoms in total. The summed E-state index contributed by atoms with van der Waals surface area (Å²) in [5.41, 5.74) is 1.44. The number of nitrogens with one attached hydrogen (secondary N) is 2. The van der Waals surface area contributed by atoms with Crippen molar-refractivity contribution in [3.63, 3.8) is 0 Å². The molecule has 27 heavy (non-hydrogen) atoms. The van der Waals surface area contributed by atoms with Crippen LogP contribution in [0, 0.1) is 5.92 Å². The molecule has 0 bridgehead atoms. The van der Waals surface area contributed by atoms with Crippen molar-refractivity contribution in [2.45, 2.75) is 39.7 Å². The fraction of sp³-hybridized carbons (Fsp3) is 0.500. The molecule has 1 heterocycles. The summed E-state index contributed by atoms with van der Waals surface area (Å²) in [6.07, 6.45) is 1.87. The van der Waals surface area contributed by atoms with Gasteiger partial charge in [0.25, 0.3) is 0 Å². The van der Waals surface area contributed by atoms with Crippen molar-refractivity contribution in [1.29, 1.82) is 0 Å². The summed E-state index contributed by atoms with van der Waals surface area (Å²) < 4.78 is 16.3. The third kappa shape index (κ3) is 4.72. The molecule has 1 aliphatic heterocycles. The Labute approximate surface area is 160 Å². The van der Waals surface area contributed by atoms with Gasteiger partial charge in [0.1, 0.15) is 11.5 Å². The van der Waals surface area contributed by atoms with Gasteiger partial charge in [0.15, 0.2) is 0 Å². The smallest absolute Gasteiger partial charge is 0.338 e. The van der Waals surface area contributed by atoms with E-state index in [1.807, 2.05) is 0 Å². The first kappa shape index (κ1) is 20.6. The molecule has 0 saturated heterocycles. The molecule has 1 aromatic rings. The first-order valence-electron chi connectivity index (χ1n) is 9.12. The van der Waals surface area contributed by atoms with Crippen molar-refractivity contribution in [3.05, 3.63) is 35.0 Å². The van der Waals surface area contributed by atoms with Gasteiger partial charge in [-0.3, -0.25) is 0 Å². The van der Waals surface area contributed by atoms with Crippen LogP contribution >= 0.6 is 0 Å². The lowest BCUT2D eigenvalue weighted by Crippen LogP contribution is -2.45. The minimum absolute atomic E-state index is 0.311. The first-order chi connectivity index (χ1) is 12.9. The second-order valence-electron chi connectivity index (χ2n) is 6.46. The SMILES string of the molecule is CCC(CC)COC(=O)C1=C(C)NC(=O)N[C@@H]1c1cc(OC)ccc1OC. The van der Waals surface area contributed by atoms with Crippen molar-refractivity contribution < 1.29 is 23.8 Å². The van der Waals surface area contributed by atoms with Gasteiger partial charge in [0.2, 0.25) is 0 Å². The zero-order chi connectivity index (χ0) is 20.0. The van der Waals surface area contributed by atoms with Gasteiger partial charge in [-0.15, -0.1) is 0 Å². The molecule has 2 rings (SSSR count). The Morgan fingerprint density at radius 1 is 1.19 bits per heavy atom. The molecule has 0 aromatic heterocycles. The summed E-state index contributed by atoms with van der Waals surface area (Å²) in [5, 5.41) is 5.44. The van der Waals surface area contributed by atoms with E-state index in [0.717, 1.165) is 12.8 Å². The highest BCUT2D eigenvalue weighted by molar-refractivity contribution is 5.95. The topological polar surface area (TPSA) is 85.9 Å². The minimum atomic E-state index is -0.696. The van der Waals surface area contributed by atoms with Crippen LogP contribution < -0.4 is 20.1 Å². The number of amides is 2. The Morgan fingerprint density at radius 3 is 2.48 bits per heavy atom. The Kier molecular flexibility index (Phi) is 7.10. The van der Waals surface area contributed by atoms with Gasteiger partial charge < -0.3 is 24.8 Å². The average molecular weight is 376 g/mol. The van der Waals surface area contributed by atoms with E-state index in [0.29, 0.717) is 40.9 Å². The van der Waals surface area contributed by atoms with Crippen LogP contribution in [0.15, 0.2) is 29.5 Å². The minimum Gasteiger partial charge on any atom is -0.497 e. The van der Waals surface area contributed by atoms with Gasteiger partial charge in [-0.2, -0.15) is 0 Å². The predicted molar refractivity (Wildman–Crippen MR) is 102 cm³/mol. The summed E-state index contributed by atoms with van der Waals surface area (Å²) in [4.78, 5) is 24.9. The number of carbonyl (C=O) groups is 2. The van der Waals surface area contributed by atoms with Crippen LogP contribution in [0.3, 0.4) is 0 Å². The maximum absolute atomic E-state index is 12.8. The van der Waals surface area contributed by atoms with E-state index in [4.69, 9.17) is 14.2 Å². The number of urea groups is 1. The molecule has 0 spiro atoms. The van der Waals surface area contributed by atoms with Gasteiger partial charge in [0, 0.05) is 11.3 Å². The number of benzene rings is 1. The molecule has 1 aromatic carbocycles. The van der Waals surface area contributed by atoms with Crippen LogP contribution in [-0.4, -0.2) is 32.8 Å². The van der Waals surface area contributed by atoms with Crippen molar-refractivity contribution in [3.8, 4) is 11.5 Å². The van der Waals surface area contributed by atoms with Gasteiger partial charge in [-0.25, -0.2) is 9.59 Å². The molecule has 7 heteroatoms. The molecule has 1 aliphatic rings. The lowest BCUT2D eigenvalue weighted by molar-refractivity contribution is -0.141. The first-order valence-corrected chi connectivity index (χ1v) is 9.12. The van der Waals surface area contributed by atoms with E-state index in [-0.39, 0.29) is 6.03 Å². The molecule has 0 radical (unpaired) electrons. The van der Waals surface area contributed by atoms with E-state index >= 15 is 0 Å². The summed E-state index contributed by atoms with van der Waals surface area (Å²) in [5.74, 6) is 0.995. The Hall–Kier alpha value is -2.70. The normalized spacial score (nSPS) is 16.7. The zero-order valence-electron chi connectivity index (χ0n) is 16.5. The summed E-state index contributed by atoms with van der Waals surface area (Å²) >= 11 is 0. The second kappa shape index (κ2) is 9.30. The molecule has 2 N–H and O–H groups in total. The third-order valence-corrected chi connectivity index (χ3v) is 4.84. The average Bonchev–Trinajstić information content (AvgIpc) is 2.67. The van der Waals surface area contributed by atoms with E-state index in [1.54, 1.807) is 32.2 Å². The summed E-state index contributed by atoms with van der Waals surface area (Å²) in [6, 6.07) is 4.16. The van der Waals surface area contributed by atoms with Crippen molar-refractivity contribution in [2.24, 2.45) is 5.92 Å². The maximum Gasteiger partial charge on any atom is 0.338 e. The Balaban J connectivity index is 2.40. The number of ether oxygens (including phenoxy) is 3. The quantitative estimate of drug-likeness (QED) is 0.680. The van der Waals surface area contributed by atoms with Crippen LogP contribution in [-0.2, 0) is 9.53 Å². The van der Waals surface area contributed by atoms with Gasteiger partial charge >= 0.3 is 12.0 Å². The number of hydrogen-bond acceptors (Lipinski definition) is 5. The highest BCUT2D eigenvalue weighted by Gasteiger charge is 2.34. The number of rotatable bonds is 8. The molecular weight excluding hydrogens is 348 g/mol. The molecular formula is C20H28N2O5. The van der Waals surface area contributed by atoms with Crippen molar-refractivity contribution in [2.75, 3.05) is 20.8 Å². The number of allylic oxidation sites excluding steroid dienone is 1. The largest absolute Gasteiger partial charge is 0.497 e. The summed E-state index contributed by atoms with van der Waals surface area (Å²) in [7, 11) is 3.09. The highest BCUT2D eigenvalue weighted by atomic mass is 16.5. The van der Waals surface area contributed by atoms with Crippen LogP contribution in [0.2, 0.25) is 0 Å². The molecule has 0 saturated carbocycles. The number of esters is 1. The fourth-order valence-corrected chi connectivity index (χ4v) is 3.06. The van der Waals surface area contributed by atoms with E-state index in [1.165, 1.54) is 7.11 Å². The summed E-state index contributed by atoms with van der Waals surface area (Å²) in [6.45, 7) is 6.17. The molecule has 148 valence electrons. The van der Waals surface area contributed by atoms with Crippen LogP contribution in [0.25, 0.3) is 0 Å². The molecule has 2 amide bonds. The Bertz CT molecular complexity index is 725. The maximum atomic E-state index is 12.8. The van der Waals surface area contributed by atoms with Crippen LogP contribution in [0.1, 0.15) is 45.2 Å². The van der Waals surface area contributed by atoms with Crippen LogP contribution in [0.5, 0.6) is 11.5 Å².